The van der Waals surface area contributed by atoms with Crippen molar-refractivity contribution < 1.29 is 4.52 Å². The zero-order valence-corrected chi connectivity index (χ0v) is 13.7. The maximum Gasteiger partial charge on any atom is 0.228 e. The Bertz CT molecular complexity index is 771. The van der Waals surface area contributed by atoms with Crippen LogP contribution in [0.15, 0.2) is 57.5 Å². The van der Waals surface area contributed by atoms with Crippen molar-refractivity contribution in [2.24, 2.45) is 5.73 Å². The van der Waals surface area contributed by atoms with Crippen LogP contribution in [-0.4, -0.2) is 10.1 Å². The molecule has 5 heteroatoms. The Morgan fingerprint density at radius 3 is 2.68 bits per heavy atom. The van der Waals surface area contributed by atoms with Gasteiger partial charge in [-0.25, -0.2) is 0 Å². The molecular formula is C17H16BrN3O. The SMILES string of the molecule is Cc1cc(Br)ccc1-c1noc(C[C@H](N)c2ccccc2)n1. The van der Waals surface area contributed by atoms with Gasteiger partial charge in [0.1, 0.15) is 0 Å². The van der Waals surface area contributed by atoms with Crippen LogP contribution in [0.5, 0.6) is 0 Å². The molecule has 0 radical (unpaired) electrons. The van der Waals surface area contributed by atoms with E-state index in [4.69, 9.17) is 10.3 Å². The zero-order valence-electron chi connectivity index (χ0n) is 12.2. The highest BCUT2D eigenvalue weighted by Crippen LogP contribution is 2.24. The molecule has 0 bridgehead atoms. The van der Waals surface area contributed by atoms with Gasteiger partial charge in [-0.05, 0) is 36.2 Å². The minimum atomic E-state index is -0.152. The number of rotatable bonds is 4. The Morgan fingerprint density at radius 1 is 1.18 bits per heavy atom. The van der Waals surface area contributed by atoms with Crippen LogP contribution in [-0.2, 0) is 6.42 Å². The van der Waals surface area contributed by atoms with E-state index >= 15 is 0 Å². The van der Waals surface area contributed by atoms with Crippen molar-refractivity contribution in [3.63, 3.8) is 0 Å². The van der Waals surface area contributed by atoms with Crippen LogP contribution in [0.4, 0.5) is 0 Å². The summed E-state index contributed by atoms with van der Waals surface area (Å²) in [5.74, 6) is 1.15. The van der Waals surface area contributed by atoms with Gasteiger partial charge >= 0.3 is 0 Å². The molecule has 112 valence electrons. The molecular weight excluding hydrogens is 342 g/mol. The van der Waals surface area contributed by atoms with Gasteiger partial charge in [0.2, 0.25) is 11.7 Å². The monoisotopic (exact) mass is 357 g/mol. The van der Waals surface area contributed by atoms with Crippen LogP contribution in [0.1, 0.15) is 23.1 Å². The molecule has 0 amide bonds. The van der Waals surface area contributed by atoms with Crippen LogP contribution in [0.2, 0.25) is 0 Å². The third-order valence-corrected chi connectivity index (χ3v) is 4.01. The second-order valence-electron chi connectivity index (χ2n) is 5.19. The van der Waals surface area contributed by atoms with Gasteiger partial charge in [0.15, 0.2) is 0 Å². The van der Waals surface area contributed by atoms with Crippen LogP contribution < -0.4 is 5.73 Å². The van der Waals surface area contributed by atoms with Gasteiger partial charge in [-0.15, -0.1) is 0 Å². The van der Waals surface area contributed by atoms with Crippen molar-refractivity contribution in [3.05, 3.63) is 70.0 Å². The largest absolute Gasteiger partial charge is 0.339 e. The van der Waals surface area contributed by atoms with Gasteiger partial charge in [-0.3, -0.25) is 0 Å². The van der Waals surface area contributed by atoms with Crippen molar-refractivity contribution in [2.45, 2.75) is 19.4 Å². The van der Waals surface area contributed by atoms with E-state index < -0.39 is 0 Å². The number of nitrogens with zero attached hydrogens (tertiary/aromatic N) is 2. The molecule has 2 aromatic carbocycles. The fourth-order valence-corrected chi connectivity index (χ4v) is 2.81. The maximum atomic E-state index is 6.19. The van der Waals surface area contributed by atoms with E-state index in [1.165, 1.54) is 0 Å². The summed E-state index contributed by atoms with van der Waals surface area (Å²) in [5.41, 5.74) is 9.30. The van der Waals surface area contributed by atoms with Crippen molar-refractivity contribution in [1.29, 1.82) is 0 Å². The van der Waals surface area contributed by atoms with Crippen LogP contribution in [0.25, 0.3) is 11.4 Å². The van der Waals surface area contributed by atoms with Crippen molar-refractivity contribution in [3.8, 4) is 11.4 Å². The number of aryl methyl sites for hydroxylation is 1. The second-order valence-corrected chi connectivity index (χ2v) is 6.11. The summed E-state index contributed by atoms with van der Waals surface area (Å²) < 4.78 is 6.37. The summed E-state index contributed by atoms with van der Waals surface area (Å²) in [6, 6.07) is 15.7. The van der Waals surface area contributed by atoms with Crippen molar-refractivity contribution in [2.75, 3.05) is 0 Å². The lowest BCUT2D eigenvalue weighted by atomic mass is 10.1. The molecule has 0 aliphatic rings. The van der Waals surface area contributed by atoms with E-state index in [0.29, 0.717) is 18.1 Å². The first-order valence-electron chi connectivity index (χ1n) is 7.03. The molecule has 0 spiro atoms. The predicted octanol–water partition coefficient (Wildman–Crippen LogP) is 4.05. The van der Waals surface area contributed by atoms with E-state index in [1.54, 1.807) is 0 Å². The Morgan fingerprint density at radius 2 is 1.95 bits per heavy atom. The first-order valence-corrected chi connectivity index (χ1v) is 7.82. The molecule has 1 heterocycles. The summed E-state index contributed by atoms with van der Waals surface area (Å²) in [6.07, 6.45) is 0.520. The molecule has 3 aromatic rings. The first-order chi connectivity index (χ1) is 10.6. The summed E-state index contributed by atoms with van der Waals surface area (Å²) >= 11 is 3.45. The lowest BCUT2D eigenvalue weighted by Crippen LogP contribution is -2.13. The van der Waals surface area contributed by atoms with E-state index in [9.17, 15) is 0 Å². The highest BCUT2D eigenvalue weighted by molar-refractivity contribution is 9.10. The Kier molecular flexibility index (Phi) is 4.36. The molecule has 1 aromatic heterocycles. The molecule has 0 aliphatic carbocycles. The van der Waals surface area contributed by atoms with Crippen LogP contribution >= 0.6 is 15.9 Å². The molecule has 4 nitrogen and oxygen atoms in total. The van der Waals surface area contributed by atoms with Gasteiger partial charge in [-0.2, -0.15) is 4.98 Å². The predicted molar refractivity (Wildman–Crippen MR) is 89.2 cm³/mol. The Balaban J connectivity index is 1.79. The number of hydrogen-bond acceptors (Lipinski definition) is 4. The van der Waals surface area contributed by atoms with Gasteiger partial charge in [0.05, 0.1) is 0 Å². The fourth-order valence-electron chi connectivity index (χ4n) is 2.33. The average Bonchev–Trinajstić information content (AvgIpc) is 2.96. The van der Waals surface area contributed by atoms with Crippen LogP contribution in [0, 0.1) is 6.92 Å². The minimum absolute atomic E-state index is 0.152. The molecule has 0 unspecified atom stereocenters. The van der Waals surface area contributed by atoms with Gasteiger partial charge in [-0.1, -0.05) is 51.4 Å². The van der Waals surface area contributed by atoms with Gasteiger partial charge in [0.25, 0.3) is 0 Å². The Labute approximate surface area is 137 Å². The summed E-state index contributed by atoms with van der Waals surface area (Å²) in [6.45, 7) is 2.02. The number of benzene rings is 2. The fraction of sp³-hybridized carbons (Fsp3) is 0.176. The third-order valence-electron chi connectivity index (χ3n) is 3.52. The standard InChI is InChI=1S/C17H16BrN3O/c1-11-9-13(18)7-8-14(11)17-20-16(22-21-17)10-15(19)12-5-3-2-4-6-12/h2-9,15H,10,19H2,1H3/t15-/m0/s1. The summed E-state index contributed by atoms with van der Waals surface area (Å²) in [5, 5.41) is 4.07. The summed E-state index contributed by atoms with van der Waals surface area (Å²) in [4.78, 5) is 4.46. The van der Waals surface area contributed by atoms with Gasteiger partial charge in [0, 0.05) is 22.5 Å². The van der Waals surface area contributed by atoms with E-state index in [0.717, 1.165) is 21.2 Å². The molecule has 1 atom stereocenters. The van der Waals surface area contributed by atoms with E-state index in [1.807, 2.05) is 55.5 Å². The number of halogens is 1. The topological polar surface area (TPSA) is 64.9 Å². The van der Waals surface area contributed by atoms with E-state index in [2.05, 4.69) is 26.1 Å². The van der Waals surface area contributed by atoms with Crippen molar-refractivity contribution in [1.82, 2.24) is 10.1 Å². The smallest absolute Gasteiger partial charge is 0.228 e. The third kappa shape index (κ3) is 3.26. The number of aromatic nitrogens is 2. The highest BCUT2D eigenvalue weighted by Gasteiger charge is 2.14. The van der Waals surface area contributed by atoms with Gasteiger partial charge < -0.3 is 10.3 Å². The molecule has 0 saturated heterocycles. The first kappa shape index (κ1) is 14.9. The minimum Gasteiger partial charge on any atom is -0.339 e. The Hall–Kier alpha value is -1.98. The molecule has 22 heavy (non-hydrogen) atoms. The maximum absolute atomic E-state index is 6.19. The lowest BCUT2D eigenvalue weighted by molar-refractivity contribution is 0.370. The molecule has 3 rings (SSSR count). The highest BCUT2D eigenvalue weighted by atomic mass is 79.9. The average molecular weight is 358 g/mol. The number of nitrogens with two attached hydrogens (primary N) is 1. The van der Waals surface area contributed by atoms with E-state index in [-0.39, 0.29) is 6.04 Å². The summed E-state index contributed by atoms with van der Waals surface area (Å²) in [7, 11) is 0. The quantitative estimate of drug-likeness (QED) is 0.764. The van der Waals surface area contributed by atoms with Crippen molar-refractivity contribution >= 4 is 15.9 Å². The molecule has 0 aliphatic heterocycles. The molecule has 2 N–H and O–H groups in total. The normalized spacial score (nSPS) is 12.3. The zero-order chi connectivity index (χ0) is 15.5. The van der Waals surface area contributed by atoms with Crippen LogP contribution in [0.3, 0.4) is 0 Å². The lowest BCUT2D eigenvalue weighted by Gasteiger charge is -2.08. The molecule has 0 fully saturated rings. The molecule has 0 saturated carbocycles. The second kappa shape index (κ2) is 6.42. The number of hydrogen-bond donors (Lipinski definition) is 1.